The summed E-state index contributed by atoms with van der Waals surface area (Å²) < 4.78 is 0. The quantitative estimate of drug-likeness (QED) is 0.904. The van der Waals surface area contributed by atoms with Crippen LogP contribution in [-0.4, -0.2) is 36.1 Å². The molecule has 0 atom stereocenters. The minimum atomic E-state index is 0.669. The molecular formula is C16H25N3. The van der Waals surface area contributed by atoms with Gasteiger partial charge in [-0.2, -0.15) is 0 Å². The van der Waals surface area contributed by atoms with Crippen LogP contribution in [0.1, 0.15) is 49.4 Å². The fourth-order valence-corrected chi connectivity index (χ4v) is 3.28. The monoisotopic (exact) mass is 259 g/mol. The normalized spacial score (nSPS) is 22.5. The summed E-state index contributed by atoms with van der Waals surface area (Å²) in [5, 5.41) is 3.43. The highest BCUT2D eigenvalue weighted by Crippen LogP contribution is 2.23. The maximum absolute atomic E-state index is 4.92. The van der Waals surface area contributed by atoms with Crippen molar-refractivity contribution in [3.05, 3.63) is 29.6 Å². The largest absolute Gasteiger partial charge is 0.317 e. The molecule has 0 aliphatic carbocycles. The lowest BCUT2D eigenvalue weighted by Gasteiger charge is -2.27. The molecule has 3 heterocycles. The van der Waals surface area contributed by atoms with Gasteiger partial charge in [0.1, 0.15) is 0 Å². The number of aromatic nitrogens is 1. The highest BCUT2D eigenvalue weighted by atomic mass is 15.1. The summed E-state index contributed by atoms with van der Waals surface area (Å²) in [4.78, 5) is 7.47. The average molecular weight is 259 g/mol. The third-order valence-corrected chi connectivity index (χ3v) is 4.42. The number of rotatable bonds is 3. The first kappa shape index (κ1) is 13.1. The van der Waals surface area contributed by atoms with Gasteiger partial charge in [0.2, 0.25) is 0 Å². The molecule has 0 aromatic carbocycles. The Labute approximate surface area is 116 Å². The topological polar surface area (TPSA) is 28.2 Å². The van der Waals surface area contributed by atoms with E-state index in [2.05, 4.69) is 28.4 Å². The van der Waals surface area contributed by atoms with E-state index in [0.717, 1.165) is 19.6 Å². The summed E-state index contributed by atoms with van der Waals surface area (Å²) in [6, 6.07) is 6.61. The Morgan fingerprint density at radius 3 is 2.68 bits per heavy atom. The van der Waals surface area contributed by atoms with Crippen LogP contribution in [0.5, 0.6) is 0 Å². The van der Waals surface area contributed by atoms with Crippen molar-refractivity contribution in [2.45, 2.75) is 44.6 Å². The number of nitrogens with one attached hydrogen (secondary N) is 1. The molecule has 2 aliphatic rings. The van der Waals surface area contributed by atoms with Crippen molar-refractivity contribution >= 4 is 0 Å². The first-order chi connectivity index (χ1) is 9.42. The van der Waals surface area contributed by atoms with Crippen molar-refractivity contribution in [1.82, 2.24) is 15.2 Å². The second kappa shape index (κ2) is 6.49. The van der Waals surface area contributed by atoms with Crippen LogP contribution in [0.15, 0.2) is 18.2 Å². The molecule has 0 spiro atoms. The van der Waals surface area contributed by atoms with Crippen LogP contribution in [-0.2, 0) is 6.54 Å². The van der Waals surface area contributed by atoms with Crippen molar-refractivity contribution in [2.24, 2.45) is 0 Å². The third-order valence-electron chi connectivity index (χ3n) is 4.42. The molecular weight excluding hydrogens is 234 g/mol. The van der Waals surface area contributed by atoms with E-state index >= 15 is 0 Å². The Balaban J connectivity index is 1.64. The van der Waals surface area contributed by atoms with E-state index in [1.807, 2.05) is 0 Å². The Morgan fingerprint density at radius 2 is 1.89 bits per heavy atom. The molecule has 1 aromatic heterocycles. The Hall–Kier alpha value is -0.930. The summed E-state index contributed by atoms with van der Waals surface area (Å²) in [7, 11) is 0. The third kappa shape index (κ3) is 3.54. The summed E-state index contributed by atoms with van der Waals surface area (Å²) in [6.07, 6.45) is 6.58. The zero-order valence-electron chi connectivity index (χ0n) is 11.8. The predicted octanol–water partition coefficient (Wildman–Crippen LogP) is 2.53. The van der Waals surface area contributed by atoms with Crippen LogP contribution in [0.3, 0.4) is 0 Å². The first-order valence-corrected chi connectivity index (χ1v) is 7.81. The van der Waals surface area contributed by atoms with Gasteiger partial charge in [-0.25, -0.2) is 0 Å². The SMILES string of the molecule is c1cc(CN2CCCCC2)nc(C2CCNCC2)c1. The minimum Gasteiger partial charge on any atom is -0.317 e. The fourth-order valence-electron chi connectivity index (χ4n) is 3.28. The van der Waals surface area contributed by atoms with E-state index < -0.39 is 0 Å². The van der Waals surface area contributed by atoms with Crippen LogP contribution in [0.25, 0.3) is 0 Å². The average Bonchev–Trinajstić information content (AvgIpc) is 2.49. The molecule has 3 nitrogen and oxygen atoms in total. The Bertz CT molecular complexity index is 393. The highest BCUT2D eigenvalue weighted by molar-refractivity contribution is 5.15. The maximum Gasteiger partial charge on any atom is 0.0547 e. The summed E-state index contributed by atoms with van der Waals surface area (Å²) in [6.45, 7) is 5.82. The molecule has 1 aromatic rings. The van der Waals surface area contributed by atoms with Crippen molar-refractivity contribution < 1.29 is 0 Å². The molecule has 2 aliphatic heterocycles. The molecule has 0 amide bonds. The lowest BCUT2D eigenvalue weighted by atomic mass is 9.94. The standard InChI is InChI=1S/C16H25N3/c1-2-11-19(12-3-1)13-15-5-4-6-16(18-15)14-7-9-17-10-8-14/h4-6,14,17H,1-3,7-13H2. The molecule has 3 rings (SSSR count). The van der Waals surface area contributed by atoms with Gasteiger partial charge in [0.05, 0.1) is 5.69 Å². The van der Waals surface area contributed by atoms with Crippen molar-refractivity contribution in [1.29, 1.82) is 0 Å². The van der Waals surface area contributed by atoms with E-state index in [9.17, 15) is 0 Å². The van der Waals surface area contributed by atoms with E-state index in [-0.39, 0.29) is 0 Å². The molecule has 104 valence electrons. The van der Waals surface area contributed by atoms with Gasteiger partial charge < -0.3 is 5.32 Å². The fraction of sp³-hybridized carbons (Fsp3) is 0.688. The summed E-state index contributed by atoms with van der Waals surface area (Å²) in [5.41, 5.74) is 2.58. The molecule has 0 bridgehead atoms. The molecule has 0 saturated carbocycles. The number of hydrogen-bond acceptors (Lipinski definition) is 3. The van der Waals surface area contributed by atoms with Gasteiger partial charge in [-0.05, 0) is 64.0 Å². The number of piperidine rings is 2. The van der Waals surface area contributed by atoms with E-state index in [0.29, 0.717) is 5.92 Å². The molecule has 0 radical (unpaired) electrons. The van der Waals surface area contributed by atoms with Crippen LogP contribution in [0, 0.1) is 0 Å². The minimum absolute atomic E-state index is 0.669. The van der Waals surface area contributed by atoms with Crippen LogP contribution in [0.4, 0.5) is 0 Å². The van der Waals surface area contributed by atoms with Gasteiger partial charge in [-0.15, -0.1) is 0 Å². The molecule has 1 N–H and O–H groups in total. The zero-order chi connectivity index (χ0) is 12.9. The van der Waals surface area contributed by atoms with Gasteiger partial charge in [0, 0.05) is 18.2 Å². The van der Waals surface area contributed by atoms with Crippen molar-refractivity contribution in [3.8, 4) is 0 Å². The van der Waals surface area contributed by atoms with Gasteiger partial charge in [0.25, 0.3) is 0 Å². The first-order valence-electron chi connectivity index (χ1n) is 7.81. The van der Waals surface area contributed by atoms with Crippen LogP contribution in [0.2, 0.25) is 0 Å². The van der Waals surface area contributed by atoms with E-state index in [1.165, 1.54) is 56.6 Å². The number of nitrogens with zero attached hydrogens (tertiary/aromatic N) is 2. The highest BCUT2D eigenvalue weighted by Gasteiger charge is 2.17. The van der Waals surface area contributed by atoms with Crippen LogP contribution < -0.4 is 5.32 Å². The van der Waals surface area contributed by atoms with Crippen molar-refractivity contribution in [3.63, 3.8) is 0 Å². The summed E-state index contributed by atoms with van der Waals surface area (Å²) >= 11 is 0. The smallest absolute Gasteiger partial charge is 0.0547 e. The maximum atomic E-state index is 4.92. The predicted molar refractivity (Wildman–Crippen MR) is 78.2 cm³/mol. The van der Waals surface area contributed by atoms with Crippen molar-refractivity contribution in [2.75, 3.05) is 26.2 Å². The van der Waals surface area contributed by atoms with Crippen LogP contribution >= 0.6 is 0 Å². The Kier molecular flexibility index (Phi) is 4.46. The molecule has 2 fully saturated rings. The molecule has 19 heavy (non-hydrogen) atoms. The summed E-state index contributed by atoms with van der Waals surface area (Å²) in [5.74, 6) is 0.669. The number of pyridine rings is 1. The van der Waals surface area contributed by atoms with Gasteiger partial charge in [0.15, 0.2) is 0 Å². The lowest BCUT2D eigenvalue weighted by Crippen LogP contribution is -2.30. The number of likely N-dealkylation sites (tertiary alicyclic amines) is 1. The van der Waals surface area contributed by atoms with E-state index in [1.54, 1.807) is 0 Å². The van der Waals surface area contributed by atoms with E-state index in [4.69, 9.17) is 4.98 Å². The zero-order valence-corrected chi connectivity index (χ0v) is 11.8. The van der Waals surface area contributed by atoms with Gasteiger partial charge >= 0.3 is 0 Å². The molecule has 0 unspecified atom stereocenters. The van der Waals surface area contributed by atoms with Gasteiger partial charge in [-0.3, -0.25) is 9.88 Å². The lowest BCUT2D eigenvalue weighted by molar-refractivity contribution is 0.218. The Morgan fingerprint density at radius 1 is 1.11 bits per heavy atom. The number of hydrogen-bond donors (Lipinski definition) is 1. The molecule has 3 heteroatoms. The second-order valence-corrected chi connectivity index (χ2v) is 5.91. The second-order valence-electron chi connectivity index (χ2n) is 5.91. The van der Waals surface area contributed by atoms with Gasteiger partial charge in [-0.1, -0.05) is 12.5 Å². The molecule has 2 saturated heterocycles.